The Morgan fingerprint density at radius 2 is 1.65 bits per heavy atom. The van der Waals surface area contributed by atoms with E-state index in [0.29, 0.717) is 13.0 Å². The van der Waals surface area contributed by atoms with Gasteiger partial charge in [-0.3, -0.25) is 4.79 Å². The van der Waals surface area contributed by atoms with E-state index in [0.717, 1.165) is 58.1 Å². The molecule has 0 saturated carbocycles. The van der Waals surface area contributed by atoms with E-state index < -0.39 is 0 Å². The van der Waals surface area contributed by atoms with Gasteiger partial charge in [-0.1, -0.05) is 49.4 Å². The predicted molar refractivity (Wildman–Crippen MR) is 136 cm³/mol. The van der Waals surface area contributed by atoms with Gasteiger partial charge in [0.25, 0.3) is 0 Å². The maximum absolute atomic E-state index is 13.7. The van der Waals surface area contributed by atoms with Gasteiger partial charge in [0.15, 0.2) is 5.78 Å². The lowest BCUT2D eigenvalue weighted by molar-refractivity contribution is -0.116. The smallest absolute Gasteiger partial charge is 0.163 e. The minimum atomic E-state index is -0.239. The highest BCUT2D eigenvalue weighted by molar-refractivity contribution is 6.01. The van der Waals surface area contributed by atoms with Crippen LogP contribution in [-0.2, 0) is 4.79 Å². The molecule has 0 aromatic heterocycles. The number of rotatable bonds is 6. The van der Waals surface area contributed by atoms with Gasteiger partial charge in [0.05, 0.1) is 31.1 Å². The molecule has 0 unspecified atom stereocenters. The zero-order chi connectivity index (χ0) is 23.5. The van der Waals surface area contributed by atoms with Gasteiger partial charge in [0.2, 0.25) is 0 Å². The van der Waals surface area contributed by atoms with Crippen LogP contribution in [0.1, 0.15) is 49.3 Å². The van der Waals surface area contributed by atoms with E-state index in [4.69, 9.17) is 9.47 Å². The summed E-state index contributed by atoms with van der Waals surface area (Å²) in [5.74, 6) is 1.90. The van der Waals surface area contributed by atoms with Crippen LogP contribution in [0, 0.1) is 0 Å². The van der Waals surface area contributed by atoms with Crippen LogP contribution < -0.4 is 20.1 Å². The van der Waals surface area contributed by atoms with Crippen molar-refractivity contribution in [2.45, 2.75) is 38.1 Å². The Bertz CT molecular complexity index is 1220. The summed E-state index contributed by atoms with van der Waals surface area (Å²) in [5.41, 5.74) is 5.88. The molecule has 174 valence electrons. The van der Waals surface area contributed by atoms with Gasteiger partial charge >= 0.3 is 0 Å². The second-order valence-electron chi connectivity index (χ2n) is 8.83. The van der Waals surface area contributed by atoms with Crippen molar-refractivity contribution in [1.82, 2.24) is 0 Å². The Morgan fingerprint density at radius 1 is 0.912 bits per heavy atom. The summed E-state index contributed by atoms with van der Waals surface area (Å²) in [6, 6.07) is 24.0. The number of Topliss-reactive ketones (excluding diaryl/α,β-unsaturated/α-hetero) is 1. The number of ketones is 1. The lowest BCUT2D eigenvalue weighted by atomic mass is 9.78. The lowest BCUT2D eigenvalue weighted by Gasteiger charge is -2.30. The van der Waals surface area contributed by atoms with E-state index in [1.807, 2.05) is 60.7 Å². The first kappa shape index (κ1) is 22.1. The standard InChI is InChI=1S/C29H30N2O3/c1-3-16-34-27-11-7-4-8-22(27)20-17-25-28(26(32)18-20)29(19-12-14-21(33-2)15-13-19)31-24-10-6-5-9-23(24)30-25/h4-15,20,29-31H,3,16-18H2,1-2H3/t20-,29+/m1/s1. The molecule has 0 amide bonds. The summed E-state index contributed by atoms with van der Waals surface area (Å²) in [7, 11) is 1.66. The molecule has 2 aliphatic rings. The van der Waals surface area contributed by atoms with E-state index in [9.17, 15) is 4.79 Å². The Hall–Kier alpha value is -3.73. The first-order chi connectivity index (χ1) is 16.7. The van der Waals surface area contributed by atoms with E-state index in [1.165, 1.54) is 0 Å². The van der Waals surface area contributed by atoms with Gasteiger partial charge in [0.1, 0.15) is 11.5 Å². The number of benzene rings is 3. The average Bonchev–Trinajstić information content (AvgIpc) is 3.04. The Kier molecular flexibility index (Phi) is 6.26. The number of allylic oxidation sites excluding steroid dienone is 1. The molecule has 0 spiro atoms. The zero-order valence-corrected chi connectivity index (χ0v) is 19.6. The van der Waals surface area contributed by atoms with Crippen LogP contribution in [0.5, 0.6) is 11.5 Å². The number of nitrogens with one attached hydrogen (secondary N) is 2. The summed E-state index contributed by atoms with van der Waals surface area (Å²) in [5, 5.41) is 7.24. The number of fused-ring (bicyclic) bond motifs is 1. The minimum absolute atomic E-state index is 0.0635. The number of carbonyl (C=O) groups is 1. The van der Waals surface area contributed by atoms with Crippen LogP contribution in [0.4, 0.5) is 11.4 Å². The van der Waals surface area contributed by atoms with Crippen LogP contribution in [0.3, 0.4) is 0 Å². The highest BCUT2D eigenvalue weighted by Gasteiger charge is 2.36. The molecule has 0 bridgehead atoms. The number of carbonyl (C=O) groups excluding carboxylic acids is 1. The number of hydrogen-bond donors (Lipinski definition) is 2. The van der Waals surface area contributed by atoms with Crippen LogP contribution in [0.25, 0.3) is 0 Å². The van der Waals surface area contributed by atoms with E-state index in [1.54, 1.807) is 7.11 Å². The normalized spacial score (nSPS) is 19.3. The van der Waals surface area contributed by atoms with E-state index >= 15 is 0 Å². The van der Waals surface area contributed by atoms with Gasteiger partial charge in [-0.2, -0.15) is 0 Å². The monoisotopic (exact) mass is 454 g/mol. The Morgan fingerprint density at radius 3 is 2.41 bits per heavy atom. The summed E-state index contributed by atoms with van der Waals surface area (Å²) >= 11 is 0. The second kappa shape index (κ2) is 9.64. The van der Waals surface area contributed by atoms with Crippen molar-refractivity contribution in [3.05, 3.63) is 95.2 Å². The maximum Gasteiger partial charge on any atom is 0.163 e. The van der Waals surface area contributed by atoms with Crippen molar-refractivity contribution in [3.8, 4) is 11.5 Å². The van der Waals surface area contributed by atoms with E-state index in [-0.39, 0.29) is 17.7 Å². The van der Waals surface area contributed by atoms with Gasteiger partial charge in [-0.05, 0) is 54.3 Å². The number of anilines is 2. The van der Waals surface area contributed by atoms with Crippen LogP contribution in [-0.4, -0.2) is 19.5 Å². The topological polar surface area (TPSA) is 59.6 Å². The molecule has 5 heteroatoms. The summed E-state index contributed by atoms with van der Waals surface area (Å²) < 4.78 is 11.4. The van der Waals surface area contributed by atoms with Gasteiger partial charge in [-0.15, -0.1) is 0 Å². The van der Waals surface area contributed by atoms with Crippen LogP contribution >= 0.6 is 0 Å². The first-order valence-electron chi connectivity index (χ1n) is 11.9. The van der Waals surface area contributed by atoms with Gasteiger partial charge < -0.3 is 20.1 Å². The molecule has 3 aromatic rings. The van der Waals surface area contributed by atoms with Crippen molar-refractivity contribution in [1.29, 1.82) is 0 Å². The SMILES string of the molecule is CCCOc1ccccc1[C@H]1CC(=O)C2=C(C1)Nc1ccccc1N[C@H]2c1ccc(OC)cc1. The van der Waals surface area contributed by atoms with Crippen molar-refractivity contribution in [2.24, 2.45) is 0 Å². The fourth-order valence-corrected chi connectivity index (χ4v) is 4.92. The fourth-order valence-electron chi connectivity index (χ4n) is 4.92. The zero-order valence-electron chi connectivity index (χ0n) is 19.6. The second-order valence-corrected chi connectivity index (χ2v) is 8.83. The molecule has 34 heavy (non-hydrogen) atoms. The van der Waals surface area contributed by atoms with Gasteiger partial charge in [-0.25, -0.2) is 0 Å². The van der Waals surface area contributed by atoms with Gasteiger partial charge in [0, 0.05) is 23.6 Å². The molecule has 5 rings (SSSR count). The molecule has 1 aliphatic heterocycles. The summed E-state index contributed by atoms with van der Waals surface area (Å²) in [6.07, 6.45) is 2.15. The minimum Gasteiger partial charge on any atom is -0.497 e. The average molecular weight is 455 g/mol. The summed E-state index contributed by atoms with van der Waals surface area (Å²) in [6.45, 7) is 2.77. The highest BCUT2D eigenvalue weighted by atomic mass is 16.5. The third-order valence-corrected chi connectivity index (χ3v) is 6.58. The molecule has 0 saturated heterocycles. The molecular formula is C29H30N2O3. The van der Waals surface area contributed by atoms with Crippen molar-refractivity contribution in [3.63, 3.8) is 0 Å². The van der Waals surface area contributed by atoms with Crippen molar-refractivity contribution < 1.29 is 14.3 Å². The highest BCUT2D eigenvalue weighted by Crippen LogP contribution is 2.45. The molecule has 0 fully saturated rings. The molecule has 5 nitrogen and oxygen atoms in total. The fraction of sp³-hybridized carbons (Fsp3) is 0.276. The van der Waals surface area contributed by atoms with Crippen molar-refractivity contribution >= 4 is 17.2 Å². The van der Waals surface area contributed by atoms with E-state index in [2.05, 4.69) is 29.7 Å². The van der Waals surface area contributed by atoms with Crippen LogP contribution in [0.2, 0.25) is 0 Å². The third-order valence-electron chi connectivity index (χ3n) is 6.58. The lowest BCUT2D eigenvalue weighted by Crippen LogP contribution is -2.27. The number of ether oxygens (including phenoxy) is 2. The Labute approximate surface area is 200 Å². The molecule has 2 atom stereocenters. The molecular weight excluding hydrogens is 424 g/mol. The number of para-hydroxylation sites is 3. The predicted octanol–water partition coefficient (Wildman–Crippen LogP) is 6.46. The number of methoxy groups -OCH3 is 1. The Balaban J connectivity index is 1.56. The molecule has 3 aromatic carbocycles. The number of hydrogen-bond acceptors (Lipinski definition) is 5. The molecule has 1 aliphatic carbocycles. The maximum atomic E-state index is 13.7. The van der Waals surface area contributed by atoms with Crippen LogP contribution in [0.15, 0.2) is 84.1 Å². The molecule has 2 N–H and O–H groups in total. The molecule has 1 heterocycles. The third kappa shape index (κ3) is 4.26. The quantitative estimate of drug-likeness (QED) is 0.447. The first-order valence-corrected chi connectivity index (χ1v) is 11.9. The summed E-state index contributed by atoms with van der Waals surface area (Å²) in [4.78, 5) is 13.7. The van der Waals surface area contributed by atoms with Crippen molar-refractivity contribution in [2.75, 3.05) is 24.4 Å². The molecule has 0 radical (unpaired) electrons. The largest absolute Gasteiger partial charge is 0.497 e.